The van der Waals surface area contributed by atoms with Crippen LogP contribution in [-0.4, -0.2) is 33.5 Å². The van der Waals surface area contributed by atoms with Crippen LogP contribution in [-0.2, 0) is 11.2 Å². The Kier molecular flexibility index (Phi) is 3.74. The van der Waals surface area contributed by atoms with Crippen LogP contribution in [0.1, 0.15) is 40.6 Å². The Bertz CT molecular complexity index is 673. The van der Waals surface area contributed by atoms with Gasteiger partial charge in [-0.05, 0) is 18.1 Å². The molecule has 106 valence electrons. The number of esters is 1. The molecular formula is C14H16N2O4. The molecule has 6 heteroatoms. The van der Waals surface area contributed by atoms with Gasteiger partial charge < -0.3 is 9.84 Å². The van der Waals surface area contributed by atoms with Gasteiger partial charge in [0.25, 0.3) is 0 Å². The number of aromatic carboxylic acids is 1. The van der Waals surface area contributed by atoms with E-state index in [2.05, 4.69) is 4.98 Å². The van der Waals surface area contributed by atoms with E-state index in [1.807, 2.05) is 13.8 Å². The van der Waals surface area contributed by atoms with Crippen molar-refractivity contribution in [3.63, 3.8) is 0 Å². The minimum absolute atomic E-state index is 0.0496. The fraction of sp³-hybridized carbons (Fsp3) is 0.357. The molecule has 0 saturated carbocycles. The smallest absolute Gasteiger partial charge is 0.356 e. The van der Waals surface area contributed by atoms with Crippen molar-refractivity contribution in [3.8, 4) is 0 Å². The number of fused-ring (bicyclic) bond motifs is 1. The summed E-state index contributed by atoms with van der Waals surface area (Å²) in [6.07, 6.45) is 0.572. The highest BCUT2D eigenvalue weighted by atomic mass is 16.5. The maximum Gasteiger partial charge on any atom is 0.356 e. The number of carbonyl (C=O) groups excluding carboxylic acids is 1. The number of carboxylic acid groups (broad SMARTS) is 1. The van der Waals surface area contributed by atoms with Crippen LogP contribution in [0.25, 0.3) is 5.52 Å². The minimum atomic E-state index is -1.11. The van der Waals surface area contributed by atoms with E-state index in [9.17, 15) is 14.7 Å². The first-order chi connectivity index (χ1) is 9.45. The molecule has 0 amide bonds. The second kappa shape index (κ2) is 5.32. The number of hydrogen-bond acceptors (Lipinski definition) is 4. The summed E-state index contributed by atoms with van der Waals surface area (Å²) in [5, 5.41) is 9.22. The Labute approximate surface area is 116 Å². The van der Waals surface area contributed by atoms with Crippen LogP contribution < -0.4 is 0 Å². The van der Waals surface area contributed by atoms with E-state index in [0.29, 0.717) is 17.8 Å². The summed E-state index contributed by atoms with van der Waals surface area (Å²) in [6.45, 7) is 4.00. The summed E-state index contributed by atoms with van der Waals surface area (Å²) in [5.41, 5.74) is 0.628. The number of pyridine rings is 1. The van der Waals surface area contributed by atoms with Gasteiger partial charge in [-0.25, -0.2) is 14.6 Å². The van der Waals surface area contributed by atoms with Gasteiger partial charge in [-0.15, -0.1) is 0 Å². The summed E-state index contributed by atoms with van der Waals surface area (Å²) in [5.74, 6) is -0.796. The fourth-order valence-corrected chi connectivity index (χ4v) is 2.13. The zero-order valence-electron chi connectivity index (χ0n) is 11.6. The predicted octanol–water partition coefficient (Wildman–Crippen LogP) is 2.02. The predicted molar refractivity (Wildman–Crippen MR) is 72.0 cm³/mol. The highest BCUT2D eigenvalue weighted by molar-refractivity contribution is 5.96. The molecule has 0 unspecified atom stereocenters. The molecule has 0 spiro atoms. The van der Waals surface area contributed by atoms with Gasteiger partial charge in [0, 0.05) is 6.42 Å². The van der Waals surface area contributed by atoms with Crippen molar-refractivity contribution >= 4 is 17.5 Å². The lowest BCUT2D eigenvalue weighted by atomic mass is 10.1. The lowest BCUT2D eigenvalue weighted by Gasteiger charge is -2.08. The van der Waals surface area contributed by atoms with E-state index >= 15 is 0 Å². The van der Waals surface area contributed by atoms with Crippen molar-refractivity contribution in [2.45, 2.75) is 20.3 Å². The molecule has 0 aliphatic rings. The highest BCUT2D eigenvalue weighted by Crippen LogP contribution is 2.19. The van der Waals surface area contributed by atoms with Crippen molar-refractivity contribution in [1.29, 1.82) is 0 Å². The standard InChI is InChI=1S/C14H16N2O4/c1-8(2)7-11-15-12(13(17)18)9-5-4-6-10(16(9)11)14(19)20-3/h4-6,8H,7H2,1-3H3,(H,17,18). The molecule has 0 fully saturated rings. The zero-order valence-corrected chi connectivity index (χ0v) is 11.6. The van der Waals surface area contributed by atoms with Gasteiger partial charge in [-0.2, -0.15) is 0 Å². The van der Waals surface area contributed by atoms with Gasteiger partial charge in [0.05, 0.1) is 12.6 Å². The Morgan fingerprint density at radius 2 is 2.10 bits per heavy atom. The largest absolute Gasteiger partial charge is 0.476 e. The van der Waals surface area contributed by atoms with Crippen molar-refractivity contribution < 1.29 is 19.4 Å². The van der Waals surface area contributed by atoms with Crippen LogP contribution in [0, 0.1) is 5.92 Å². The average Bonchev–Trinajstić information content (AvgIpc) is 2.76. The third-order valence-electron chi connectivity index (χ3n) is 2.92. The number of methoxy groups -OCH3 is 1. The maximum absolute atomic E-state index is 11.8. The first-order valence-electron chi connectivity index (χ1n) is 6.27. The van der Waals surface area contributed by atoms with Gasteiger partial charge in [0.1, 0.15) is 11.5 Å². The molecule has 1 N–H and O–H groups in total. The van der Waals surface area contributed by atoms with Crippen LogP contribution >= 0.6 is 0 Å². The maximum atomic E-state index is 11.8. The monoisotopic (exact) mass is 276 g/mol. The number of rotatable bonds is 4. The van der Waals surface area contributed by atoms with Gasteiger partial charge in [-0.1, -0.05) is 19.9 Å². The molecule has 20 heavy (non-hydrogen) atoms. The zero-order chi connectivity index (χ0) is 14.9. The van der Waals surface area contributed by atoms with Crippen molar-refractivity contribution in [2.24, 2.45) is 5.92 Å². The summed E-state index contributed by atoms with van der Waals surface area (Å²) < 4.78 is 6.30. The van der Waals surface area contributed by atoms with E-state index in [0.717, 1.165) is 0 Å². The SMILES string of the molecule is COC(=O)c1cccc2c(C(=O)O)nc(CC(C)C)n12. The lowest BCUT2D eigenvalue weighted by molar-refractivity contribution is 0.0590. The molecule has 0 saturated heterocycles. The third kappa shape index (κ3) is 2.36. The van der Waals surface area contributed by atoms with Crippen LogP contribution in [0.4, 0.5) is 0 Å². The quantitative estimate of drug-likeness (QED) is 0.864. The molecule has 0 atom stereocenters. The fourth-order valence-electron chi connectivity index (χ4n) is 2.13. The summed E-state index contributed by atoms with van der Waals surface area (Å²) in [4.78, 5) is 27.3. The first-order valence-corrected chi connectivity index (χ1v) is 6.27. The van der Waals surface area contributed by atoms with E-state index in [1.54, 1.807) is 22.6 Å². The molecular weight excluding hydrogens is 260 g/mol. The normalized spacial score (nSPS) is 11.0. The van der Waals surface area contributed by atoms with Crippen molar-refractivity contribution in [2.75, 3.05) is 7.11 Å². The first kappa shape index (κ1) is 14.0. The van der Waals surface area contributed by atoms with Crippen molar-refractivity contribution in [1.82, 2.24) is 9.38 Å². The number of carboxylic acids is 1. The number of aromatic nitrogens is 2. The van der Waals surface area contributed by atoms with Gasteiger partial charge >= 0.3 is 11.9 Å². The Balaban J connectivity index is 2.76. The van der Waals surface area contributed by atoms with Crippen molar-refractivity contribution in [3.05, 3.63) is 35.4 Å². The van der Waals surface area contributed by atoms with Crippen LogP contribution in [0.2, 0.25) is 0 Å². The van der Waals surface area contributed by atoms with E-state index in [-0.39, 0.29) is 17.3 Å². The van der Waals surface area contributed by atoms with Crippen LogP contribution in [0.5, 0.6) is 0 Å². The molecule has 0 aromatic carbocycles. The number of hydrogen-bond donors (Lipinski definition) is 1. The van der Waals surface area contributed by atoms with Gasteiger partial charge in [-0.3, -0.25) is 4.40 Å². The molecule has 2 aromatic heterocycles. The molecule has 0 aliphatic heterocycles. The highest BCUT2D eigenvalue weighted by Gasteiger charge is 2.21. The topological polar surface area (TPSA) is 80.9 Å². The molecule has 0 bridgehead atoms. The number of ether oxygens (including phenoxy) is 1. The third-order valence-corrected chi connectivity index (χ3v) is 2.92. The number of carbonyl (C=O) groups is 2. The van der Waals surface area contributed by atoms with E-state index < -0.39 is 11.9 Å². The summed E-state index contributed by atoms with van der Waals surface area (Å²) in [7, 11) is 1.29. The van der Waals surface area contributed by atoms with Gasteiger partial charge in [0.15, 0.2) is 5.69 Å². The number of imidazole rings is 1. The van der Waals surface area contributed by atoms with Gasteiger partial charge in [0.2, 0.25) is 0 Å². The second-order valence-electron chi connectivity index (χ2n) is 4.90. The molecule has 0 radical (unpaired) electrons. The Morgan fingerprint density at radius 1 is 1.40 bits per heavy atom. The van der Waals surface area contributed by atoms with E-state index in [4.69, 9.17) is 4.74 Å². The molecule has 6 nitrogen and oxygen atoms in total. The minimum Gasteiger partial charge on any atom is -0.476 e. The lowest BCUT2D eigenvalue weighted by Crippen LogP contribution is -2.11. The van der Waals surface area contributed by atoms with Crippen LogP contribution in [0.15, 0.2) is 18.2 Å². The Hall–Kier alpha value is -2.37. The second-order valence-corrected chi connectivity index (χ2v) is 4.90. The molecule has 2 rings (SSSR count). The molecule has 2 aromatic rings. The number of nitrogens with zero attached hydrogens (tertiary/aromatic N) is 2. The van der Waals surface area contributed by atoms with Crippen LogP contribution in [0.3, 0.4) is 0 Å². The summed E-state index contributed by atoms with van der Waals surface area (Å²) >= 11 is 0. The Morgan fingerprint density at radius 3 is 2.65 bits per heavy atom. The molecule has 0 aliphatic carbocycles. The molecule has 2 heterocycles. The average molecular weight is 276 g/mol. The van der Waals surface area contributed by atoms with E-state index in [1.165, 1.54) is 7.11 Å². The summed E-state index contributed by atoms with van der Waals surface area (Å²) in [6, 6.07) is 4.84.